The molecule has 2 rings (SSSR count). The van der Waals surface area contributed by atoms with Gasteiger partial charge in [0.05, 0.1) is 0 Å². The molecule has 0 saturated heterocycles. The van der Waals surface area contributed by atoms with E-state index in [1.807, 2.05) is 6.07 Å². The fourth-order valence-corrected chi connectivity index (χ4v) is 1.08. The van der Waals surface area contributed by atoms with Crippen molar-refractivity contribution in [3.05, 3.63) is 48.0 Å². The summed E-state index contributed by atoms with van der Waals surface area (Å²) >= 11 is 0. The number of nitriles is 1. The minimum Gasteiger partial charge on any atom is -0.459 e. The van der Waals surface area contributed by atoms with Crippen LogP contribution in [0.4, 0.5) is 0 Å². The SMILES string of the molecule is N#Cc1ccc(COc2ncccn2)cn1. The lowest BCUT2D eigenvalue weighted by Gasteiger charge is -2.02. The fraction of sp³-hybridized carbons (Fsp3) is 0.0909. The molecule has 5 heteroatoms. The topological polar surface area (TPSA) is 71.7 Å². The van der Waals surface area contributed by atoms with Gasteiger partial charge in [0.25, 0.3) is 0 Å². The van der Waals surface area contributed by atoms with Gasteiger partial charge in [0.15, 0.2) is 0 Å². The number of nitrogens with zero attached hydrogens (tertiary/aromatic N) is 4. The van der Waals surface area contributed by atoms with Crippen LogP contribution in [-0.4, -0.2) is 15.0 Å². The number of pyridine rings is 1. The van der Waals surface area contributed by atoms with Crippen molar-refractivity contribution in [2.75, 3.05) is 0 Å². The van der Waals surface area contributed by atoms with Crippen LogP contribution in [0.3, 0.4) is 0 Å². The maximum Gasteiger partial charge on any atom is 0.316 e. The van der Waals surface area contributed by atoms with Crippen LogP contribution >= 0.6 is 0 Å². The van der Waals surface area contributed by atoms with Gasteiger partial charge in [-0.1, -0.05) is 6.07 Å². The summed E-state index contributed by atoms with van der Waals surface area (Å²) in [5, 5.41) is 8.57. The van der Waals surface area contributed by atoms with Crippen LogP contribution in [0.5, 0.6) is 6.01 Å². The maximum atomic E-state index is 8.57. The van der Waals surface area contributed by atoms with E-state index in [2.05, 4.69) is 15.0 Å². The average molecular weight is 212 g/mol. The van der Waals surface area contributed by atoms with Crippen LogP contribution in [0, 0.1) is 11.3 Å². The molecule has 0 N–H and O–H groups in total. The van der Waals surface area contributed by atoms with Crippen LogP contribution in [0.2, 0.25) is 0 Å². The largest absolute Gasteiger partial charge is 0.459 e. The quantitative estimate of drug-likeness (QED) is 0.767. The highest BCUT2D eigenvalue weighted by Gasteiger charge is 1.98. The van der Waals surface area contributed by atoms with Gasteiger partial charge in [-0.25, -0.2) is 15.0 Å². The molecule has 0 amide bonds. The molecular formula is C11H8N4O. The Labute approximate surface area is 92.4 Å². The molecule has 2 heterocycles. The first-order chi connectivity index (χ1) is 7.88. The Morgan fingerprint density at radius 2 is 2.00 bits per heavy atom. The zero-order valence-corrected chi connectivity index (χ0v) is 8.37. The molecule has 0 fully saturated rings. The van der Waals surface area contributed by atoms with Crippen molar-refractivity contribution in [1.82, 2.24) is 15.0 Å². The number of hydrogen-bond donors (Lipinski definition) is 0. The first kappa shape index (κ1) is 10.1. The third kappa shape index (κ3) is 2.51. The van der Waals surface area contributed by atoms with Gasteiger partial charge in [0.2, 0.25) is 0 Å². The molecule has 0 atom stereocenters. The molecule has 5 nitrogen and oxygen atoms in total. The van der Waals surface area contributed by atoms with E-state index >= 15 is 0 Å². The standard InChI is InChI=1S/C11H8N4O/c12-6-10-3-2-9(7-15-10)8-16-11-13-4-1-5-14-11/h1-5,7H,8H2. The second kappa shape index (κ2) is 4.84. The van der Waals surface area contributed by atoms with Gasteiger partial charge in [-0.3, -0.25) is 0 Å². The first-order valence-electron chi connectivity index (χ1n) is 4.63. The highest BCUT2D eigenvalue weighted by molar-refractivity contribution is 5.22. The molecule has 0 unspecified atom stereocenters. The van der Waals surface area contributed by atoms with Crippen molar-refractivity contribution >= 4 is 0 Å². The Bertz CT molecular complexity index is 490. The van der Waals surface area contributed by atoms with Gasteiger partial charge in [0.1, 0.15) is 18.4 Å². The Kier molecular flexibility index (Phi) is 3.04. The Morgan fingerprint density at radius 1 is 1.19 bits per heavy atom. The molecule has 0 aliphatic heterocycles. The fourth-order valence-electron chi connectivity index (χ4n) is 1.08. The minimum atomic E-state index is 0.326. The zero-order chi connectivity index (χ0) is 11.2. The number of hydrogen-bond acceptors (Lipinski definition) is 5. The van der Waals surface area contributed by atoms with Gasteiger partial charge in [0, 0.05) is 24.2 Å². The van der Waals surface area contributed by atoms with Crippen molar-refractivity contribution in [1.29, 1.82) is 5.26 Å². The van der Waals surface area contributed by atoms with Crippen molar-refractivity contribution in [3.63, 3.8) is 0 Å². The normalized spacial score (nSPS) is 9.44. The molecule has 2 aromatic heterocycles. The molecule has 0 spiro atoms. The van der Waals surface area contributed by atoms with Crippen LogP contribution in [0.25, 0.3) is 0 Å². The lowest BCUT2D eigenvalue weighted by Crippen LogP contribution is -1.99. The number of aromatic nitrogens is 3. The predicted octanol–water partition coefficient (Wildman–Crippen LogP) is 1.32. The summed E-state index contributed by atoms with van der Waals surface area (Å²) in [7, 11) is 0. The van der Waals surface area contributed by atoms with Crippen LogP contribution in [0.1, 0.15) is 11.3 Å². The molecule has 16 heavy (non-hydrogen) atoms. The molecule has 78 valence electrons. The van der Waals surface area contributed by atoms with E-state index in [1.54, 1.807) is 36.8 Å². The van der Waals surface area contributed by atoms with Gasteiger partial charge in [-0.15, -0.1) is 0 Å². The lowest BCUT2D eigenvalue weighted by molar-refractivity contribution is 0.280. The van der Waals surface area contributed by atoms with Crippen molar-refractivity contribution in [2.24, 2.45) is 0 Å². The van der Waals surface area contributed by atoms with Crippen molar-refractivity contribution in [2.45, 2.75) is 6.61 Å². The predicted molar refractivity (Wildman–Crippen MR) is 55.3 cm³/mol. The smallest absolute Gasteiger partial charge is 0.316 e. The average Bonchev–Trinajstić information content (AvgIpc) is 2.38. The van der Waals surface area contributed by atoms with Gasteiger partial charge >= 0.3 is 6.01 Å². The first-order valence-corrected chi connectivity index (χ1v) is 4.63. The maximum absolute atomic E-state index is 8.57. The summed E-state index contributed by atoms with van der Waals surface area (Å²) in [5.41, 5.74) is 1.26. The molecule has 0 radical (unpaired) electrons. The second-order valence-electron chi connectivity index (χ2n) is 2.98. The van der Waals surface area contributed by atoms with E-state index in [4.69, 9.17) is 10.00 Å². The Balaban J connectivity index is 1.98. The monoisotopic (exact) mass is 212 g/mol. The number of rotatable bonds is 3. The van der Waals surface area contributed by atoms with Crippen LogP contribution < -0.4 is 4.74 Å². The minimum absolute atomic E-state index is 0.326. The summed E-state index contributed by atoms with van der Waals surface area (Å²) in [4.78, 5) is 11.8. The molecular weight excluding hydrogens is 204 g/mol. The number of ether oxygens (including phenoxy) is 1. The Morgan fingerprint density at radius 3 is 2.62 bits per heavy atom. The van der Waals surface area contributed by atoms with E-state index in [1.165, 1.54) is 0 Å². The van der Waals surface area contributed by atoms with E-state index in [0.29, 0.717) is 18.3 Å². The molecule has 2 aromatic rings. The molecule has 0 aliphatic rings. The highest BCUT2D eigenvalue weighted by Crippen LogP contribution is 2.04. The summed E-state index contributed by atoms with van der Waals surface area (Å²) in [5.74, 6) is 0. The Hall–Kier alpha value is -2.48. The third-order valence-corrected chi connectivity index (χ3v) is 1.85. The van der Waals surface area contributed by atoms with E-state index in [-0.39, 0.29) is 0 Å². The van der Waals surface area contributed by atoms with Gasteiger partial charge < -0.3 is 4.74 Å². The van der Waals surface area contributed by atoms with E-state index in [0.717, 1.165) is 5.56 Å². The van der Waals surface area contributed by atoms with Gasteiger partial charge in [-0.2, -0.15) is 5.26 Å². The lowest BCUT2D eigenvalue weighted by atomic mass is 10.3. The summed E-state index contributed by atoms with van der Waals surface area (Å²) < 4.78 is 5.32. The highest BCUT2D eigenvalue weighted by atomic mass is 16.5. The van der Waals surface area contributed by atoms with E-state index in [9.17, 15) is 0 Å². The summed E-state index contributed by atoms with van der Waals surface area (Å²) in [6.45, 7) is 0.336. The zero-order valence-electron chi connectivity index (χ0n) is 8.37. The second-order valence-corrected chi connectivity index (χ2v) is 2.98. The van der Waals surface area contributed by atoms with Crippen molar-refractivity contribution < 1.29 is 4.74 Å². The third-order valence-electron chi connectivity index (χ3n) is 1.85. The van der Waals surface area contributed by atoms with Crippen LogP contribution in [-0.2, 0) is 6.61 Å². The molecule has 0 aromatic carbocycles. The molecule has 0 aliphatic carbocycles. The van der Waals surface area contributed by atoms with Gasteiger partial charge in [-0.05, 0) is 12.1 Å². The van der Waals surface area contributed by atoms with Crippen molar-refractivity contribution in [3.8, 4) is 12.1 Å². The van der Waals surface area contributed by atoms with E-state index < -0.39 is 0 Å². The molecule has 0 saturated carbocycles. The summed E-state index contributed by atoms with van der Waals surface area (Å²) in [6, 6.07) is 7.43. The van der Waals surface area contributed by atoms with Crippen LogP contribution in [0.15, 0.2) is 36.8 Å². The summed E-state index contributed by atoms with van der Waals surface area (Å²) in [6.07, 6.45) is 4.82. The molecule has 0 bridgehead atoms.